The first-order valence-corrected chi connectivity index (χ1v) is 21.9. The Hall–Kier alpha value is -6.96. The van der Waals surface area contributed by atoms with E-state index >= 15 is 0 Å². The van der Waals surface area contributed by atoms with Gasteiger partial charge in [-0.25, -0.2) is 26.3 Å². The van der Waals surface area contributed by atoms with Crippen LogP contribution in [-0.2, 0) is 12.8 Å². The monoisotopic (exact) mass is 962 g/mol. The molecule has 2 nitrogen and oxygen atoms in total. The summed E-state index contributed by atoms with van der Waals surface area (Å²) in [7, 11) is 0. The number of benzene rings is 8. The number of fused-ring (bicyclic) bond motifs is 2. The molecule has 0 amide bonds. The van der Waals surface area contributed by atoms with Gasteiger partial charge in [0.2, 0.25) is 11.5 Å². The van der Waals surface area contributed by atoms with E-state index in [0.717, 1.165) is 71.2 Å². The third kappa shape index (κ3) is 12.6. The molecule has 14 heteroatoms. The van der Waals surface area contributed by atoms with E-state index < -0.39 is 59.1 Å². The maximum Gasteiger partial charge on any atom is 0.573 e. The molecule has 0 heterocycles. The van der Waals surface area contributed by atoms with Gasteiger partial charge in [0.25, 0.3) is 0 Å². The third-order valence-electron chi connectivity index (χ3n) is 11.4. The van der Waals surface area contributed by atoms with Gasteiger partial charge in [0.1, 0.15) is 11.6 Å². The lowest BCUT2D eigenvalue weighted by atomic mass is 9.96. The highest BCUT2D eigenvalue weighted by atomic mass is 19.4. The van der Waals surface area contributed by atoms with E-state index in [1.54, 1.807) is 12.1 Å². The molecule has 0 atom stereocenters. The van der Waals surface area contributed by atoms with Crippen LogP contribution in [0.25, 0.3) is 66.1 Å². The lowest BCUT2D eigenvalue weighted by molar-refractivity contribution is -0.277. The van der Waals surface area contributed by atoms with E-state index in [4.69, 9.17) is 0 Å². The van der Waals surface area contributed by atoms with E-state index in [2.05, 4.69) is 47.6 Å². The molecule has 8 rings (SSSR count). The minimum absolute atomic E-state index is 0.150. The van der Waals surface area contributed by atoms with E-state index in [1.807, 2.05) is 48.5 Å². The summed E-state index contributed by atoms with van der Waals surface area (Å²) in [6, 6.07) is 34.7. The Bertz CT molecular complexity index is 3080. The van der Waals surface area contributed by atoms with Gasteiger partial charge in [-0.3, -0.25) is 0 Å². The highest BCUT2D eigenvalue weighted by Crippen LogP contribution is 2.37. The van der Waals surface area contributed by atoms with Gasteiger partial charge in [-0.1, -0.05) is 118 Å². The first-order chi connectivity index (χ1) is 32.8. The van der Waals surface area contributed by atoms with E-state index in [-0.39, 0.29) is 22.3 Å². The summed E-state index contributed by atoms with van der Waals surface area (Å²) in [5, 5.41) is 4.13. The lowest BCUT2D eigenvalue weighted by Gasteiger charge is -2.13. The Morgan fingerprint density at radius 2 is 0.652 bits per heavy atom. The van der Waals surface area contributed by atoms with Crippen molar-refractivity contribution >= 4 is 21.5 Å². The van der Waals surface area contributed by atoms with E-state index in [0.29, 0.717) is 35.4 Å². The third-order valence-corrected chi connectivity index (χ3v) is 11.4. The number of halogens is 12. The smallest absolute Gasteiger partial charge is 0.399 e. The number of hydrogen-bond acceptors (Lipinski definition) is 2. The molecule has 0 N–H and O–H groups in total. The molecular formula is C55H42F12O2. The number of hydrogen-bond donors (Lipinski definition) is 0. The summed E-state index contributed by atoms with van der Waals surface area (Å²) in [4.78, 5) is 0. The molecule has 0 aliphatic rings. The van der Waals surface area contributed by atoms with Crippen molar-refractivity contribution in [1.29, 1.82) is 0 Å². The summed E-state index contributed by atoms with van der Waals surface area (Å²) in [5.41, 5.74) is 4.35. The zero-order valence-corrected chi connectivity index (χ0v) is 37.0. The first kappa shape index (κ1) is 49.9. The fourth-order valence-electron chi connectivity index (χ4n) is 7.94. The molecule has 8 aromatic rings. The lowest BCUT2D eigenvalue weighted by Crippen LogP contribution is -2.19. The van der Waals surface area contributed by atoms with Crippen LogP contribution in [0.4, 0.5) is 52.7 Å². The van der Waals surface area contributed by atoms with Gasteiger partial charge in [-0.05, 0) is 140 Å². The molecule has 0 fully saturated rings. The number of rotatable bonds is 13. The Morgan fingerprint density at radius 3 is 1.01 bits per heavy atom. The molecule has 0 saturated carbocycles. The van der Waals surface area contributed by atoms with Gasteiger partial charge in [0, 0.05) is 11.1 Å². The van der Waals surface area contributed by atoms with Crippen molar-refractivity contribution in [2.24, 2.45) is 0 Å². The van der Waals surface area contributed by atoms with Gasteiger partial charge in [0.05, 0.1) is 0 Å². The molecule has 0 unspecified atom stereocenters. The second-order valence-electron chi connectivity index (χ2n) is 16.4. The first-order valence-electron chi connectivity index (χ1n) is 21.9. The van der Waals surface area contributed by atoms with Crippen LogP contribution in [0.5, 0.6) is 11.5 Å². The fraction of sp³-hybridized carbons (Fsp3) is 0.200. The minimum Gasteiger partial charge on any atom is -0.399 e. The van der Waals surface area contributed by atoms with Gasteiger partial charge in [-0.2, -0.15) is 0 Å². The predicted molar refractivity (Wildman–Crippen MR) is 245 cm³/mol. The van der Waals surface area contributed by atoms with Crippen LogP contribution in [0, 0.1) is 34.9 Å². The topological polar surface area (TPSA) is 18.5 Å². The Labute approximate surface area is 389 Å². The van der Waals surface area contributed by atoms with Crippen LogP contribution in [0.2, 0.25) is 0 Å². The molecule has 0 bridgehead atoms. The zero-order chi connectivity index (χ0) is 49.6. The maximum atomic E-state index is 14.9. The molecule has 8 aromatic carbocycles. The summed E-state index contributed by atoms with van der Waals surface area (Å²) in [6.07, 6.45) is -2.78. The summed E-state index contributed by atoms with van der Waals surface area (Å²) < 4.78 is 167. The van der Waals surface area contributed by atoms with Crippen LogP contribution in [0.3, 0.4) is 0 Å². The molecule has 0 aromatic heterocycles. The number of unbranched alkanes of at least 4 members (excludes halogenated alkanes) is 3. The molecule has 0 radical (unpaired) electrons. The minimum atomic E-state index is -5.26. The Balaban J connectivity index is 0.000000204. The van der Waals surface area contributed by atoms with Crippen molar-refractivity contribution < 1.29 is 62.2 Å². The van der Waals surface area contributed by atoms with Crippen molar-refractivity contribution in [3.05, 3.63) is 179 Å². The van der Waals surface area contributed by atoms with Crippen molar-refractivity contribution in [2.45, 2.75) is 71.5 Å². The SMILES string of the molecule is CCCCCc1ccc2cc(-c3ccc(-c4cc(F)c(OC(F)(F)F)c(F)c4)c(F)c3)ccc2c1.CCCCc1ccc2cc(-c3ccc(-c4cc(F)c(OC(F)(F)F)c(F)c4)c(F)c3)ccc2c1. The maximum absolute atomic E-state index is 14.9. The van der Waals surface area contributed by atoms with Crippen LogP contribution >= 0.6 is 0 Å². The van der Waals surface area contributed by atoms with Crippen molar-refractivity contribution in [2.75, 3.05) is 0 Å². The Morgan fingerprint density at radius 1 is 0.333 bits per heavy atom. The summed E-state index contributed by atoms with van der Waals surface area (Å²) >= 11 is 0. The van der Waals surface area contributed by atoms with Gasteiger partial charge < -0.3 is 9.47 Å². The molecule has 69 heavy (non-hydrogen) atoms. The highest BCUT2D eigenvalue weighted by molar-refractivity contribution is 5.89. The van der Waals surface area contributed by atoms with Gasteiger partial charge in [-0.15, -0.1) is 26.3 Å². The molecule has 0 spiro atoms. The van der Waals surface area contributed by atoms with Crippen LogP contribution in [0.15, 0.2) is 133 Å². The molecule has 0 saturated heterocycles. The van der Waals surface area contributed by atoms with Crippen molar-refractivity contribution in [3.8, 4) is 56.0 Å². The second kappa shape index (κ2) is 21.1. The quantitative estimate of drug-likeness (QED) is 0.0847. The molecule has 0 aliphatic carbocycles. The number of alkyl halides is 6. The van der Waals surface area contributed by atoms with E-state index in [9.17, 15) is 52.7 Å². The standard InChI is InChI=1S/C28H22F6O.C27H20F6O/c1-2-3-4-5-17-6-7-19-13-20(9-8-18(19)12-17)21-10-11-23(24(29)14-21)22-15-25(30)27(26(31)16-22)35-28(32,33)34;1-2-3-4-16-5-6-18-12-19(8-7-17(18)11-16)20-9-10-22(23(28)13-20)21-14-24(29)26(25(30)15-21)34-27(31,32)33/h6-16H,2-5H2,1H3;5-15H,2-4H2,1H3. The predicted octanol–water partition coefficient (Wildman–Crippen LogP) is 18.1. The van der Waals surface area contributed by atoms with Crippen molar-refractivity contribution in [3.63, 3.8) is 0 Å². The average Bonchev–Trinajstić information content (AvgIpc) is 3.29. The van der Waals surface area contributed by atoms with Crippen molar-refractivity contribution in [1.82, 2.24) is 0 Å². The average molecular weight is 963 g/mol. The summed E-state index contributed by atoms with van der Waals surface area (Å²) in [5.74, 6) is -11.0. The molecule has 0 aliphatic heterocycles. The van der Waals surface area contributed by atoms with Crippen LogP contribution in [0.1, 0.15) is 57.1 Å². The molecule has 358 valence electrons. The largest absolute Gasteiger partial charge is 0.573 e. The Kier molecular flexibility index (Phi) is 15.3. The fourth-order valence-corrected chi connectivity index (χ4v) is 7.94. The van der Waals surface area contributed by atoms with Gasteiger partial charge >= 0.3 is 12.7 Å². The number of aryl methyl sites for hydroxylation is 2. The van der Waals surface area contributed by atoms with Gasteiger partial charge in [0.15, 0.2) is 23.3 Å². The van der Waals surface area contributed by atoms with Crippen LogP contribution < -0.4 is 9.47 Å². The number of ether oxygens (including phenoxy) is 2. The zero-order valence-electron chi connectivity index (χ0n) is 37.0. The summed E-state index contributed by atoms with van der Waals surface area (Å²) in [6.45, 7) is 4.30. The second-order valence-corrected chi connectivity index (χ2v) is 16.4. The normalized spacial score (nSPS) is 11.7. The molecular weight excluding hydrogens is 921 g/mol. The highest BCUT2D eigenvalue weighted by Gasteiger charge is 2.35. The van der Waals surface area contributed by atoms with E-state index in [1.165, 1.54) is 41.8 Å². The van der Waals surface area contributed by atoms with Crippen LogP contribution in [-0.4, -0.2) is 12.7 Å².